The van der Waals surface area contributed by atoms with Crippen molar-refractivity contribution in [3.8, 4) is 23.0 Å². The number of aryl methyl sites for hydroxylation is 2. The molecule has 6 aliphatic carbocycles. The number of carbonyl (C=O) groups is 8. The number of ether oxygens (including phenoxy) is 7. The van der Waals surface area contributed by atoms with Gasteiger partial charge >= 0.3 is 29.8 Å². The van der Waals surface area contributed by atoms with Gasteiger partial charge in [-0.2, -0.15) is 0 Å². The number of esters is 5. The number of benzene rings is 2. The van der Waals surface area contributed by atoms with Crippen molar-refractivity contribution in [1.82, 2.24) is 0 Å². The lowest BCUT2D eigenvalue weighted by molar-refractivity contribution is -0.174. The van der Waals surface area contributed by atoms with Crippen LogP contribution in [0.25, 0.3) is 0 Å². The predicted octanol–water partition coefficient (Wildman–Crippen LogP) is 21.2. The van der Waals surface area contributed by atoms with E-state index < -0.39 is 18.2 Å². The van der Waals surface area contributed by atoms with Crippen molar-refractivity contribution >= 4 is 47.2 Å². The van der Waals surface area contributed by atoms with Crippen molar-refractivity contribution in [3.63, 3.8) is 0 Å². The number of Topliss-reactive ketones (excluding diaryl/α,β-unsaturated/α-hetero) is 2. The van der Waals surface area contributed by atoms with E-state index in [0.29, 0.717) is 58.7 Å². The lowest BCUT2D eigenvalue weighted by atomic mass is 9.65. The van der Waals surface area contributed by atoms with Gasteiger partial charge in [0.25, 0.3) is 0 Å². The molecule has 106 heavy (non-hydrogen) atoms. The van der Waals surface area contributed by atoms with Gasteiger partial charge in [0.1, 0.15) is 17.3 Å². The Kier molecular flexibility index (Phi) is 30.8. The Hall–Kier alpha value is -7.94. The molecule has 0 saturated carbocycles. The minimum absolute atomic E-state index is 0.0697. The first-order valence-corrected chi connectivity index (χ1v) is 39.2. The van der Waals surface area contributed by atoms with Crippen LogP contribution >= 0.6 is 0 Å². The van der Waals surface area contributed by atoms with E-state index in [1.165, 1.54) is 75.0 Å². The monoisotopic (exact) mass is 1460 g/mol. The Bertz CT molecular complexity index is 3940. The number of carbonyl (C=O) groups excluding carboxylic acids is 8. The SMILES string of the molecule is C=C1C(=O)C2=C3C(=C1C)OC[C@@H](CCC=C(C)C)[C@@H]3CC[C@H]2C.CC(=O)OC[C@@H](CCC=C(C)C)[C@@H]1CC[C@@H](C)c2c1cc(C)c(OC(C)=O)c2OC(C)=O.CC(=O)Oc1cc(C)c2c3c1[C@H](C)CC[C@H]3[C@H](CCC=C(C)C)C(OC(C)=O)O2.CC(C)=CCC[C@H](C)[C@@H]1CC[C@@H](C)C2=C1C(=O)C(C)=CC2=O. The first-order valence-electron chi connectivity index (χ1n) is 39.2. The van der Waals surface area contributed by atoms with E-state index in [1.54, 1.807) is 6.92 Å². The maximum Gasteiger partial charge on any atom is 0.308 e. The second-order valence-electron chi connectivity index (χ2n) is 32.6. The summed E-state index contributed by atoms with van der Waals surface area (Å²) in [4.78, 5) is 96.5. The number of rotatable bonds is 20. The fraction of sp³-hybridized carbons (Fsp3) is 0.582. The molecule has 0 N–H and O–H groups in total. The summed E-state index contributed by atoms with van der Waals surface area (Å²) in [5.41, 5.74) is 17.2. The van der Waals surface area contributed by atoms with Gasteiger partial charge in [0.2, 0.25) is 6.29 Å². The number of hydrogen-bond acceptors (Lipinski definition) is 15. The quantitative estimate of drug-likeness (QED) is 0.0398. The average Bonchev–Trinajstić information content (AvgIpc) is 0.740. The molecule has 8 aliphatic rings. The van der Waals surface area contributed by atoms with Crippen molar-refractivity contribution in [2.75, 3.05) is 13.2 Å². The van der Waals surface area contributed by atoms with E-state index in [-0.39, 0.29) is 82.6 Å². The summed E-state index contributed by atoms with van der Waals surface area (Å²) in [5, 5.41) is 0. The van der Waals surface area contributed by atoms with E-state index in [4.69, 9.17) is 33.2 Å². The molecular weight excluding hydrogens is 1330 g/mol. The smallest absolute Gasteiger partial charge is 0.308 e. The Morgan fingerprint density at radius 2 is 1.08 bits per heavy atom. The van der Waals surface area contributed by atoms with Gasteiger partial charge in [0.05, 0.1) is 13.2 Å². The zero-order valence-electron chi connectivity index (χ0n) is 68.1. The molecule has 15 nitrogen and oxygen atoms in total. The first kappa shape index (κ1) is 85.3. The highest BCUT2D eigenvalue weighted by molar-refractivity contribution is 6.23. The van der Waals surface area contributed by atoms with Gasteiger partial charge in [0.15, 0.2) is 28.8 Å². The molecule has 0 bridgehead atoms. The Labute approximate surface area is 633 Å². The van der Waals surface area contributed by atoms with Gasteiger partial charge in [-0.15, -0.1) is 0 Å². The lowest BCUT2D eigenvalue weighted by Crippen LogP contribution is -2.41. The summed E-state index contributed by atoms with van der Waals surface area (Å²) in [6, 6.07) is 3.92. The molecule has 2 aromatic rings. The van der Waals surface area contributed by atoms with Crippen LogP contribution in [0, 0.1) is 61.2 Å². The highest BCUT2D eigenvalue weighted by Crippen LogP contribution is 2.57. The first-order chi connectivity index (χ1) is 49.9. The Morgan fingerprint density at radius 3 is 1.68 bits per heavy atom. The summed E-state index contributed by atoms with van der Waals surface area (Å²) >= 11 is 0. The molecule has 13 atom stereocenters. The van der Waals surface area contributed by atoms with E-state index in [2.05, 4.69) is 121 Å². The van der Waals surface area contributed by atoms with Crippen molar-refractivity contribution in [3.05, 3.63) is 150 Å². The number of ketones is 3. The minimum Gasteiger partial charge on any atom is -0.493 e. The number of allylic oxidation sites excluding steroid dienone is 16. The molecular formula is C91H124O15. The summed E-state index contributed by atoms with van der Waals surface area (Å²) in [6.45, 7) is 47.3. The van der Waals surface area contributed by atoms with E-state index >= 15 is 0 Å². The second-order valence-corrected chi connectivity index (χ2v) is 32.6. The topological polar surface area (TPSA) is 201 Å². The van der Waals surface area contributed by atoms with Crippen LogP contribution in [0.15, 0.2) is 116 Å². The summed E-state index contributed by atoms with van der Waals surface area (Å²) in [5.74, 6) is 4.77. The highest BCUT2D eigenvalue weighted by Gasteiger charge is 2.48. The fourth-order valence-electron chi connectivity index (χ4n) is 17.5. The van der Waals surface area contributed by atoms with Crippen molar-refractivity contribution < 1.29 is 71.5 Å². The van der Waals surface area contributed by atoms with Crippen LogP contribution in [0.2, 0.25) is 0 Å². The number of fused-ring (bicyclic) bond motifs is 1. The summed E-state index contributed by atoms with van der Waals surface area (Å²) in [6.07, 6.45) is 26.0. The lowest BCUT2D eigenvalue weighted by Gasteiger charge is -2.44. The summed E-state index contributed by atoms with van der Waals surface area (Å²) in [7, 11) is 0. The normalized spacial score (nSPS) is 24.3. The van der Waals surface area contributed by atoms with Crippen LogP contribution in [-0.2, 0) is 52.6 Å². The van der Waals surface area contributed by atoms with Gasteiger partial charge in [-0.25, -0.2) is 0 Å². The van der Waals surface area contributed by atoms with Crippen LogP contribution in [-0.4, -0.2) is 66.7 Å². The molecule has 10 rings (SSSR count). The van der Waals surface area contributed by atoms with Crippen LogP contribution in [0.1, 0.15) is 298 Å². The van der Waals surface area contributed by atoms with Gasteiger partial charge in [0, 0.05) is 108 Å². The Balaban J connectivity index is 0.000000199. The van der Waals surface area contributed by atoms with E-state index in [0.717, 1.165) is 170 Å². The van der Waals surface area contributed by atoms with Crippen LogP contribution in [0.4, 0.5) is 0 Å². The van der Waals surface area contributed by atoms with Gasteiger partial charge in [-0.05, 0) is 268 Å². The molecule has 0 radical (unpaired) electrons. The van der Waals surface area contributed by atoms with E-state index in [9.17, 15) is 38.4 Å². The maximum atomic E-state index is 12.8. The van der Waals surface area contributed by atoms with Gasteiger partial charge in [-0.1, -0.05) is 93.9 Å². The van der Waals surface area contributed by atoms with Gasteiger partial charge in [-0.3, -0.25) is 38.4 Å². The molecule has 2 aromatic carbocycles. The average molecular weight is 1460 g/mol. The fourth-order valence-corrected chi connectivity index (χ4v) is 17.5. The van der Waals surface area contributed by atoms with Crippen LogP contribution in [0.3, 0.4) is 0 Å². The second kappa shape index (κ2) is 38.2. The number of hydrogen-bond donors (Lipinski definition) is 0. The van der Waals surface area contributed by atoms with E-state index in [1.807, 2.05) is 32.9 Å². The minimum atomic E-state index is -0.588. The molecule has 2 aliphatic heterocycles. The third-order valence-electron chi connectivity index (χ3n) is 22.8. The Morgan fingerprint density at radius 1 is 0.538 bits per heavy atom. The van der Waals surface area contributed by atoms with Crippen LogP contribution < -0.4 is 18.9 Å². The molecule has 1 unspecified atom stereocenters. The molecule has 0 spiro atoms. The molecule has 0 amide bonds. The third-order valence-corrected chi connectivity index (χ3v) is 22.8. The summed E-state index contributed by atoms with van der Waals surface area (Å²) < 4.78 is 40.2. The van der Waals surface area contributed by atoms with Crippen molar-refractivity contribution in [1.29, 1.82) is 0 Å². The molecule has 578 valence electrons. The predicted molar refractivity (Wildman–Crippen MR) is 419 cm³/mol. The van der Waals surface area contributed by atoms with Crippen molar-refractivity contribution in [2.45, 2.75) is 285 Å². The zero-order valence-corrected chi connectivity index (χ0v) is 68.1. The maximum absolute atomic E-state index is 12.8. The van der Waals surface area contributed by atoms with Gasteiger partial charge < -0.3 is 33.2 Å². The molecule has 15 heteroatoms. The standard InChI is InChI=1S/C26H36O6.C24H32O5.C21H28O2.C20H28O2/c1-15(2)9-8-10-21(14-30-18(5)27)22-12-11-16(3)24-23(22)13-17(4)25(31-19(6)28)26(24)32-20(7)29;1-13(2)8-7-9-19-18-11-10-14(3)21-20(27-16(5)25)12-15(4)23(22(18)21)29-24(19)28-17(6)26;1-12(2)7-6-8-16-11-23-21-15(5)14(4)20(22)18-13(3)9-10-17(16)19(18)21;1-12(2)7-6-8-13(3)16-10-9-14(4)18-17(21)11-15(5)20(22)19(16)18/h9,13,16,21-22H,8,10-12,14H2,1-7H3;8,12,14,18-19,24H,7,9-11H2,1-6H3;7,13,16-17H,4,6,8-11H2,1-3,5H3;7,11,13-14,16H,6,8-10H2,1-5H3/t16-,21-,22+;14-,18+,19+,24?;13-,16-,17+;13-,14+,16-/m1110/s1. The largest absolute Gasteiger partial charge is 0.493 e. The highest BCUT2D eigenvalue weighted by atomic mass is 16.7. The molecule has 1 fully saturated rings. The molecule has 0 aromatic heterocycles. The molecule has 2 heterocycles. The molecule has 1 saturated heterocycles. The van der Waals surface area contributed by atoms with Crippen molar-refractivity contribution in [2.24, 2.45) is 47.3 Å². The third kappa shape index (κ3) is 21.3. The van der Waals surface area contributed by atoms with Crippen LogP contribution in [0.5, 0.6) is 23.0 Å². The zero-order chi connectivity index (χ0) is 78.5.